The van der Waals surface area contributed by atoms with E-state index in [1.54, 1.807) is 18.0 Å². The maximum atomic E-state index is 12.0. The summed E-state index contributed by atoms with van der Waals surface area (Å²) in [5, 5.41) is 10.1. The average molecular weight is 257 g/mol. The lowest BCUT2D eigenvalue weighted by molar-refractivity contribution is 0.0783. The van der Waals surface area contributed by atoms with Crippen molar-refractivity contribution in [2.24, 2.45) is 0 Å². The molecule has 0 aliphatic carbocycles. The molecule has 0 bridgehead atoms. The van der Waals surface area contributed by atoms with Gasteiger partial charge in [-0.1, -0.05) is 11.6 Å². The summed E-state index contributed by atoms with van der Waals surface area (Å²) in [5.74, 6) is -0.275. The lowest BCUT2D eigenvalue weighted by atomic mass is 10.2. The highest BCUT2D eigenvalue weighted by Crippen LogP contribution is 2.22. The minimum atomic E-state index is -0.230. The van der Waals surface area contributed by atoms with Gasteiger partial charge in [-0.25, -0.2) is 0 Å². The largest absolute Gasteiger partial charge is 0.507 e. The Kier molecular flexibility index (Phi) is 4.78. The highest BCUT2D eigenvalue weighted by molar-refractivity contribution is 6.31. The first-order chi connectivity index (χ1) is 7.91. The zero-order chi connectivity index (χ0) is 13.0. The highest BCUT2D eigenvalue weighted by Gasteiger charge is 2.16. The number of aromatic hydroxyl groups is 1. The van der Waals surface area contributed by atoms with Gasteiger partial charge in [0.2, 0.25) is 0 Å². The Morgan fingerprint density at radius 1 is 1.29 bits per heavy atom. The number of hydrogen-bond donors (Lipinski definition) is 1. The monoisotopic (exact) mass is 256 g/mol. The fraction of sp³-hybridized carbons (Fsp3) is 0.417. The summed E-state index contributed by atoms with van der Waals surface area (Å²) in [4.78, 5) is 15.6. The Morgan fingerprint density at radius 2 is 1.94 bits per heavy atom. The van der Waals surface area contributed by atoms with Crippen LogP contribution in [0.1, 0.15) is 10.4 Å². The van der Waals surface area contributed by atoms with Crippen LogP contribution in [0, 0.1) is 0 Å². The van der Waals surface area contributed by atoms with Gasteiger partial charge in [-0.05, 0) is 32.3 Å². The Labute approximate surface area is 106 Å². The number of carbonyl (C=O) groups excluding carboxylic acids is 1. The second-order valence-corrected chi connectivity index (χ2v) is 4.63. The number of benzene rings is 1. The Balaban J connectivity index is 2.78. The first-order valence-corrected chi connectivity index (χ1v) is 5.68. The van der Waals surface area contributed by atoms with Crippen LogP contribution in [0.2, 0.25) is 5.02 Å². The second kappa shape index (κ2) is 5.89. The molecule has 0 fully saturated rings. The predicted octanol–water partition coefficient (Wildman–Crippen LogP) is 1.68. The van der Waals surface area contributed by atoms with E-state index in [1.165, 1.54) is 12.1 Å². The molecule has 1 aromatic carbocycles. The average Bonchev–Trinajstić information content (AvgIpc) is 2.28. The van der Waals surface area contributed by atoms with Crippen LogP contribution in [0.15, 0.2) is 18.2 Å². The number of phenolic OH excluding ortho intramolecular Hbond substituents is 1. The van der Waals surface area contributed by atoms with Gasteiger partial charge >= 0.3 is 0 Å². The Hall–Kier alpha value is -1.26. The molecule has 0 unspecified atom stereocenters. The van der Waals surface area contributed by atoms with E-state index in [-0.39, 0.29) is 17.2 Å². The van der Waals surface area contributed by atoms with Crippen LogP contribution >= 0.6 is 11.6 Å². The van der Waals surface area contributed by atoms with Crippen molar-refractivity contribution in [3.05, 3.63) is 28.8 Å². The van der Waals surface area contributed by atoms with E-state index >= 15 is 0 Å². The number of halogens is 1. The fourth-order valence-electron chi connectivity index (χ4n) is 1.34. The van der Waals surface area contributed by atoms with E-state index in [4.69, 9.17) is 11.6 Å². The van der Waals surface area contributed by atoms with Crippen molar-refractivity contribution in [3.8, 4) is 5.75 Å². The molecule has 0 atom stereocenters. The molecule has 5 heteroatoms. The van der Waals surface area contributed by atoms with Gasteiger partial charge < -0.3 is 14.9 Å². The number of hydrogen-bond acceptors (Lipinski definition) is 3. The van der Waals surface area contributed by atoms with Crippen molar-refractivity contribution in [2.45, 2.75) is 0 Å². The van der Waals surface area contributed by atoms with Crippen molar-refractivity contribution < 1.29 is 9.90 Å². The van der Waals surface area contributed by atoms with E-state index in [0.717, 1.165) is 6.54 Å². The maximum Gasteiger partial charge on any atom is 0.257 e. The standard InChI is InChI=1S/C12H17ClN2O2/c1-14(2)6-7-15(3)12(17)10-8-9(13)4-5-11(10)16/h4-5,8,16H,6-7H2,1-3H3. The summed E-state index contributed by atoms with van der Waals surface area (Å²) in [5.41, 5.74) is 0.235. The summed E-state index contributed by atoms with van der Waals surface area (Å²) in [7, 11) is 5.58. The zero-order valence-corrected chi connectivity index (χ0v) is 11.0. The third kappa shape index (κ3) is 3.91. The molecule has 0 aliphatic heterocycles. The number of nitrogens with zero attached hydrogens (tertiary/aromatic N) is 2. The first-order valence-electron chi connectivity index (χ1n) is 5.30. The van der Waals surface area contributed by atoms with Crippen LogP contribution in [0.25, 0.3) is 0 Å². The van der Waals surface area contributed by atoms with E-state index < -0.39 is 0 Å². The Morgan fingerprint density at radius 3 is 2.53 bits per heavy atom. The molecule has 4 nitrogen and oxygen atoms in total. The molecule has 1 N–H and O–H groups in total. The zero-order valence-electron chi connectivity index (χ0n) is 10.3. The highest BCUT2D eigenvalue weighted by atomic mass is 35.5. The van der Waals surface area contributed by atoms with Crippen molar-refractivity contribution in [3.63, 3.8) is 0 Å². The lowest BCUT2D eigenvalue weighted by Gasteiger charge is -2.20. The van der Waals surface area contributed by atoms with Crippen molar-refractivity contribution in [2.75, 3.05) is 34.2 Å². The molecule has 94 valence electrons. The van der Waals surface area contributed by atoms with Gasteiger partial charge in [0.1, 0.15) is 5.75 Å². The van der Waals surface area contributed by atoms with Gasteiger partial charge in [-0.15, -0.1) is 0 Å². The minimum absolute atomic E-state index is 0.0453. The van der Waals surface area contributed by atoms with Crippen LogP contribution < -0.4 is 0 Å². The van der Waals surface area contributed by atoms with E-state index in [9.17, 15) is 9.90 Å². The van der Waals surface area contributed by atoms with Crippen LogP contribution in [0.3, 0.4) is 0 Å². The van der Waals surface area contributed by atoms with Gasteiger partial charge in [0.05, 0.1) is 5.56 Å². The van der Waals surface area contributed by atoms with Gasteiger partial charge in [0.25, 0.3) is 5.91 Å². The van der Waals surface area contributed by atoms with Crippen molar-refractivity contribution in [1.82, 2.24) is 9.80 Å². The third-order valence-electron chi connectivity index (χ3n) is 2.42. The van der Waals surface area contributed by atoms with E-state index in [2.05, 4.69) is 0 Å². The summed E-state index contributed by atoms with van der Waals surface area (Å²) < 4.78 is 0. The lowest BCUT2D eigenvalue weighted by Crippen LogP contribution is -2.33. The fourth-order valence-corrected chi connectivity index (χ4v) is 1.51. The molecule has 1 amide bonds. The van der Waals surface area contributed by atoms with Gasteiger partial charge in [0.15, 0.2) is 0 Å². The molecule has 0 aliphatic rings. The van der Waals surface area contributed by atoms with Crippen LogP contribution in [0.5, 0.6) is 5.75 Å². The maximum absolute atomic E-state index is 12.0. The summed E-state index contributed by atoms with van der Waals surface area (Å²) in [6, 6.07) is 4.45. The number of likely N-dealkylation sites (N-methyl/N-ethyl adjacent to an activating group) is 2. The Bertz CT molecular complexity index is 407. The number of rotatable bonds is 4. The summed E-state index contributed by atoms with van der Waals surface area (Å²) >= 11 is 5.80. The van der Waals surface area contributed by atoms with Crippen LogP contribution in [-0.4, -0.2) is 55.0 Å². The van der Waals surface area contributed by atoms with Crippen molar-refractivity contribution in [1.29, 1.82) is 0 Å². The smallest absolute Gasteiger partial charge is 0.257 e. The minimum Gasteiger partial charge on any atom is -0.507 e. The van der Waals surface area contributed by atoms with Crippen molar-refractivity contribution >= 4 is 17.5 Å². The SMILES string of the molecule is CN(C)CCN(C)C(=O)c1cc(Cl)ccc1O. The molecular formula is C12H17ClN2O2. The van der Waals surface area contributed by atoms with E-state index in [1.807, 2.05) is 19.0 Å². The molecule has 17 heavy (non-hydrogen) atoms. The number of phenols is 1. The van der Waals surface area contributed by atoms with Crippen LogP contribution in [-0.2, 0) is 0 Å². The third-order valence-corrected chi connectivity index (χ3v) is 2.65. The molecule has 0 spiro atoms. The quantitative estimate of drug-likeness (QED) is 0.892. The molecule has 1 rings (SSSR count). The van der Waals surface area contributed by atoms with E-state index in [0.29, 0.717) is 11.6 Å². The predicted molar refractivity (Wildman–Crippen MR) is 68.6 cm³/mol. The topological polar surface area (TPSA) is 43.8 Å². The molecular weight excluding hydrogens is 240 g/mol. The van der Waals surface area contributed by atoms with Gasteiger partial charge in [-0.3, -0.25) is 4.79 Å². The molecule has 0 saturated heterocycles. The second-order valence-electron chi connectivity index (χ2n) is 4.19. The summed E-state index contributed by atoms with van der Waals surface area (Å²) in [6.45, 7) is 1.36. The molecule has 0 heterocycles. The summed E-state index contributed by atoms with van der Waals surface area (Å²) in [6.07, 6.45) is 0. The normalized spacial score (nSPS) is 10.6. The molecule has 0 radical (unpaired) electrons. The first kappa shape index (κ1) is 13.8. The molecule has 1 aromatic rings. The van der Waals surface area contributed by atoms with Gasteiger partial charge in [-0.2, -0.15) is 0 Å². The van der Waals surface area contributed by atoms with Gasteiger partial charge in [0, 0.05) is 25.2 Å². The molecule has 0 aromatic heterocycles. The molecule has 0 saturated carbocycles. The number of carbonyl (C=O) groups is 1. The number of amides is 1. The van der Waals surface area contributed by atoms with Crippen LogP contribution in [0.4, 0.5) is 0 Å².